The predicted molar refractivity (Wildman–Crippen MR) is 85.9 cm³/mol. The van der Waals surface area contributed by atoms with Crippen molar-refractivity contribution >= 4 is 16.8 Å². The van der Waals surface area contributed by atoms with Crippen molar-refractivity contribution in [3.8, 4) is 5.75 Å². The quantitative estimate of drug-likeness (QED) is 0.609. The Bertz CT molecular complexity index is 720. The van der Waals surface area contributed by atoms with Gasteiger partial charge in [-0.05, 0) is 58.9 Å². The zero-order chi connectivity index (χ0) is 13.9. The molecule has 100 valence electrons. The van der Waals surface area contributed by atoms with Crippen molar-refractivity contribution in [2.24, 2.45) is 0 Å². The summed E-state index contributed by atoms with van der Waals surface area (Å²) in [6.07, 6.45) is 11.6. The summed E-state index contributed by atoms with van der Waals surface area (Å²) in [5.41, 5.74) is 3.91. The Balaban J connectivity index is 2.04. The first kappa shape index (κ1) is 12.7. The van der Waals surface area contributed by atoms with Crippen LogP contribution < -0.4 is 0 Å². The fraction of sp³-hybridized carbons (Fsp3) is 0.158. The van der Waals surface area contributed by atoms with Gasteiger partial charge in [0.05, 0.1) is 0 Å². The van der Waals surface area contributed by atoms with Gasteiger partial charge in [0.25, 0.3) is 0 Å². The van der Waals surface area contributed by atoms with Crippen LogP contribution in [-0.2, 0) is 6.42 Å². The van der Waals surface area contributed by atoms with E-state index < -0.39 is 0 Å². The summed E-state index contributed by atoms with van der Waals surface area (Å²) in [6, 6.07) is 9.86. The summed E-state index contributed by atoms with van der Waals surface area (Å²) in [5, 5.41) is 12.1. The lowest BCUT2D eigenvalue weighted by atomic mass is 9.89. The molecule has 2 aromatic rings. The van der Waals surface area contributed by atoms with E-state index in [-0.39, 0.29) is 0 Å². The standard InChI is InChI=1S/C19H18O/c1-2-3-4-5-14-6-7-15-8-9-16-10-11-17(20)13-19(16)18(15)12-14/h2,5-11,13,20H,1,3-4,12H2/b14-5-. The van der Waals surface area contributed by atoms with Crippen LogP contribution in [-0.4, -0.2) is 5.11 Å². The molecule has 1 heteroatoms. The summed E-state index contributed by atoms with van der Waals surface area (Å²) in [5.74, 6) is 0.331. The molecule has 0 aromatic heterocycles. The number of hydrogen-bond acceptors (Lipinski definition) is 1. The van der Waals surface area contributed by atoms with E-state index in [4.69, 9.17) is 0 Å². The number of phenolic OH excluding ortho intramolecular Hbond substituents is 1. The molecular weight excluding hydrogens is 244 g/mol. The SMILES string of the molecule is C=CCC/C=C1/C=Cc2ccc3ccc(O)cc3c2C1. The lowest BCUT2D eigenvalue weighted by molar-refractivity contribution is 0.476. The van der Waals surface area contributed by atoms with Crippen LogP contribution in [0.4, 0.5) is 0 Å². The average molecular weight is 262 g/mol. The Morgan fingerprint density at radius 1 is 1.10 bits per heavy atom. The van der Waals surface area contributed by atoms with Gasteiger partial charge in [-0.2, -0.15) is 0 Å². The number of fused-ring (bicyclic) bond motifs is 3. The Labute approximate surface area is 119 Å². The van der Waals surface area contributed by atoms with Crippen LogP contribution in [0.3, 0.4) is 0 Å². The van der Waals surface area contributed by atoms with Gasteiger partial charge >= 0.3 is 0 Å². The first-order valence-electron chi connectivity index (χ1n) is 7.00. The number of phenols is 1. The van der Waals surface area contributed by atoms with Crippen LogP contribution in [0.5, 0.6) is 5.75 Å². The van der Waals surface area contributed by atoms with Crippen LogP contribution in [0.25, 0.3) is 16.8 Å². The van der Waals surface area contributed by atoms with Crippen molar-refractivity contribution in [1.29, 1.82) is 0 Å². The number of benzene rings is 2. The number of rotatable bonds is 3. The molecule has 1 aliphatic carbocycles. The highest BCUT2D eigenvalue weighted by molar-refractivity contribution is 5.91. The second-order valence-electron chi connectivity index (χ2n) is 5.19. The average Bonchev–Trinajstić information content (AvgIpc) is 2.47. The van der Waals surface area contributed by atoms with Crippen molar-refractivity contribution in [3.63, 3.8) is 0 Å². The summed E-state index contributed by atoms with van der Waals surface area (Å²) < 4.78 is 0. The minimum atomic E-state index is 0.331. The minimum absolute atomic E-state index is 0.331. The van der Waals surface area contributed by atoms with Crippen LogP contribution in [0.2, 0.25) is 0 Å². The van der Waals surface area contributed by atoms with Gasteiger partial charge < -0.3 is 5.11 Å². The lowest BCUT2D eigenvalue weighted by Gasteiger charge is -2.16. The number of aromatic hydroxyl groups is 1. The van der Waals surface area contributed by atoms with Crippen molar-refractivity contribution < 1.29 is 5.11 Å². The number of unbranched alkanes of at least 4 members (excludes halogenated alkanes) is 1. The molecule has 0 heterocycles. The van der Waals surface area contributed by atoms with E-state index in [1.54, 1.807) is 6.07 Å². The smallest absolute Gasteiger partial charge is 0.116 e. The van der Waals surface area contributed by atoms with E-state index in [0.717, 1.165) is 24.6 Å². The van der Waals surface area contributed by atoms with E-state index >= 15 is 0 Å². The maximum Gasteiger partial charge on any atom is 0.116 e. The third-order valence-electron chi connectivity index (χ3n) is 3.79. The molecule has 0 spiro atoms. The summed E-state index contributed by atoms with van der Waals surface area (Å²) in [4.78, 5) is 0. The van der Waals surface area contributed by atoms with E-state index in [1.807, 2.05) is 18.2 Å². The van der Waals surface area contributed by atoms with Crippen molar-refractivity contribution in [1.82, 2.24) is 0 Å². The second-order valence-corrected chi connectivity index (χ2v) is 5.19. The van der Waals surface area contributed by atoms with E-state index in [1.165, 1.54) is 22.1 Å². The van der Waals surface area contributed by atoms with Gasteiger partial charge in [0.2, 0.25) is 0 Å². The molecule has 0 saturated carbocycles. The molecule has 0 amide bonds. The Kier molecular flexibility index (Phi) is 3.42. The molecule has 0 aliphatic heterocycles. The Morgan fingerprint density at radius 3 is 2.80 bits per heavy atom. The third-order valence-corrected chi connectivity index (χ3v) is 3.79. The van der Waals surface area contributed by atoms with E-state index in [2.05, 4.69) is 36.9 Å². The zero-order valence-corrected chi connectivity index (χ0v) is 11.5. The molecule has 20 heavy (non-hydrogen) atoms. The molecule has 3 rings (SSSR count). The summed E-state index contributed by atoms with van der Waals surface area (Å²) >= 11 is 0. The van der Waals surface area contributed by atoms with Crippen molar-refractivity contribution in [3.05, 3.63) is 71.8 Å². The first-order chi connectivity index (χ1) is 9.78. The molecule has 1 nitrogen and oxygen atoms in total. The van der Waals surface area contributed by atoms with E-state index in [9.17, 15) is 5.11 Å². The van der Waals surface area contributed by atoms with Crippen LogP contribution in [0.15, 0.2) is 60.7 Å². The highest BCUT2D eigenvalue weighted by Gasteiger charge is 2.11. The topological polar surface area (TPSA) is 20.2 Å². The van der Waals surface area contributed by atoms with E-state index in [0.29, 0.717) is 5.75 Å². The van der Waals surface area contributed by atoms with Gasteiger partial charge in [0.15, 0.2) is 0 Å². The molecule has 0 saturated heterocycles. The molecule has 0 unspecified atom stereocenters. The summed E-state index contributed by atoms with van der Waals surface area (Å²) in [7, 11) is 0. The molecule has 0 fully saturated rings. The fourth-order valence-electron chi connectivity index (χ4n) is 2.73. The first-order valence-corrected chi connectivity index (χ1v) is 7.00. The highest BCUT2D eigenvalue weighted by atomic mass is 16.3. The van der Waals surface area contributed by atoms with Crippen molar-refractivity contribution in [2.75, 3.05) is 0 Å². The largest absolute Gasteiger partial charge is 0.508 e. The van der Waals surface area contributed by atoms with Gasteiger partial charge in [-0.3, -0.25) is 0 Å². The van der Waals surface area contributed by atoms with Gasteiger partial charge in [-0.15, -0.1) is 6.58 Å². The normalized spacial score (nSPS) is 15.5. The second kappa shape index (κ2) is 5.38. The maximum atomic E-state index is 9.73. The Hall–Kier alpha value is -2.28. The molecule has 0 atom stereocenters. The third kappa shape index (κ3) is 2.39. The number of hydrogen-bond donors (Lipinski definition) is 1. The molecule has 1 aliphatic rings. The lowest BCUT2D eigenvalue weighted by Crippen LogP contribution is -1.98. The van der Waals surface area contributed by atoms with Crippen molar-refractivity contribution in [2.45, 2.75) is 19.3 Å². The zero-order valence-electron chi connectivity index (χ0n) is 11.5. The minimum Gasteiger partial charge on any atom is -0.508 e. The molecule has 1 N–H and O–H groups in total. The van der Waals surface area contributed by atoms with Crippen LogP contribution in [0, 0.1) is 0 Å². The van der Waals surface area contributed by atoms with Crippen LogP contribution >= 0.6 is 0 Å². The molecular formula is C19H18O. The Morgan fingerprint density at radius 2 is 1.95 bits per heavy atom. The van der Waals surface area contributed by atoms with Crippen LogP contribution in [0.1, 0.15) is 24.0 Å². The monoisotopic (exact) mass is 262 g/mol. The molecule has 0 radical (unpaired) electrons. The van der Waals surface area contributed by atoms with Gasteiger partial charge in [-0.25, -0.2) is 0 Å². The highest BCUT2D eigenvalue weighted by Crippen LogP contribution is 2.31. The maximum absolute atomic E-state index is 9.73. The molecule has 2 aromatic carbocycles. The number of allylic oxidation sites excluding steroid dienone is 4. The fourth-order valence-corrected chi connectivity index (χ4v) is 2.73. The predicted octanol–water partition coefficient (Wildman–Crippen LogP) is 5.01. The van der Waals surface area contributed by atoms with Gasteiger partial charge in [0.1, 0.15) is 5.75 Å². The van der Waals surface area contributed by atoms with Gasteiger partial charge in [-0.1, -0.05) is 42.5 Å². The van der Waals surface area contributed by atoms with Gasteiger partial charge in [0, 0.05) is 0 Å². The molecule has 0 bridgehead atoms. The summed E-state index contributed by atoms with van der Waals surface area (Å²) in [6.45, 7) is 3.75.